The van der Waals surface area contributed by atoms with Gasteiger partial charge in [-0.1, -0.05) is 6.42 Å². The van der Waals surface area contributed by atoms with Crippen LogP contribution in [0.5, 0.6) is 0 Å². The Hall–Kier alpha value is -1.49. The number of hydrogen-bond acceptors (Lipinski definition) is 2. The molecule has 2 aliphatic rings. The lowest BCUT2D eigenvalue weighted by atomic mass is 9.71. The second-order valence-electron chi connectivity index (χ2n) is 5.97. The van der Waals surface area contributed by atoms with Crippen molar-refractivity contribution in [1.82, 2.24) is 0 Å². The average molecular weight is 280 g/mol. The Morgan fingerprint density at radius 3 is 2.55 bits per heavy atom. The van der Waals surface area contributed by atoms with Crippen LogP contribution in [0.4, 0.5) is 14.5 Å². The van der Waals surface area contributed by atoms with Gasteiger partial charge in [0.1, 0.15) is 11.6 Å². The minimum absolute atomic E-state index is 0.0300. The monoisotopic (exact) mass is 280 g/mol. The number of carbonyl (C=O) groups is 1. The smallest absolute Gasteiger partial charge is 0.233 e. The molecule has 2 fully saturated rings. The Labute approximate surface area is 116 Å². The van der Waals surface area contributed by atoms with E-state index in [-0.39, 0.29) is 11.9 Å². The van der Waals surface area contributed by atoms with Crippen molar-refractivity contribution in [3.05, 3.63) is 29.8 Å². The summed E-state index contributed by atoms with van der Waals surface area (Å²) in [6, 6.07) is 3.29. The maximum absolute atomic E-state index is 13.3. The van der Waals surface area contributed by atoms with Crippen molar-refractivity contribution < 1.29 is 13.6 Å². The maximum atomic E-state index is 13.3. The van der Waals surface area contributed by atoms with Gasteiger partial charge in [-0.15, -0.1) is 0 Å². The Balaban J connectivity index is 1.88. The number of rotatable bonds is 1. The number of benzene rings is 1. The highest BCUT2D eigenvalue weighted by molar-refractivity contribution is 6.00. The van der Waals surface area contributed by atoms with E-state index in [1.165, 1.54) is 17.0 Å². The molecule has 3 rings (SSSR count). The lowest BCUT2D eigenvalue weighted by Crippen LogP contribution is -2.42. The Kier molecular flexibility index (Phi) is 3.24. The van der Waals surface area contributed by atoms with Crippen LogP contribution in [-0.4, -0.2) is 18.5 Å². The molecule has 1 saturated heterocycles. The molecule has 1 amide bonds. The molecule has 5 heteroatoms. The third-order valence-corrected chi connectivity index (χ3v) is 4.55. The van der Waals surface area contributed by atoms with E-state index < -0.39 is 17.0 Å². The number of nitrogens with zero attached hydrogens (tertiary/aromatic N) is 1. The van der Waals surface area contributed by atoms with Crippen LogP contribution in [0.2, 0.25) is 0 Å². The summed E-state index contributed by atoms with van der Waals surface area (Å²) in [5, 5.41) is 0. The van der Waals surface area contributed by atoms with Crippen LogP contribution < -0.4 is 10.6 Å². The van der Waals surface area contributed by atoms with E-state index >= 15 is 0 Å². The zero-order chi connectivity index (χ0) is 14.3. The molecule has 1 aromatic carbocycles. The second-order valence-corrected chi connectivity index (χ2v) is 5.97. The molecular formula is C15H18F2N2O. The highest BCUT2D eigenvalue weighted by Crippen LogP contribution is 2.45. The summed E-state index contributed by atoms with van der Waals surface area (Å²) in [5.74, 6) is -1.35. The lowest BCUT2D eigenvalue weighted by Gasteiger charge is -2.35. The first-order valence-corrected chi connectivity index (χ1v) is 7.04. The van der Waals surface area contributed by atoms with Gasteiger partial charge in [-0.05, 0) is 37.8 Å². The molecule has 2 atom stereocenters. The van der Waals surface area contributed by atoms with Gasteiger partial charge in [-0.3, -0.25) is 4.79 Å². The van der Waals surface area contributed by atoms with E-state index in [9.17, 15) is 13.6 Å². The highest BCUT2D eigenvalue weighted by atomic mass is 19.1. The van der Waals surface area contributed by atoms with Gasteiger partial charge in [-0.25, -0.2) is 8.78 Å². The molecule has 20 heavy (non-hydrogen) atoms. The SMILES string of the molecule is N[C@@H]1CCC[C@@]2(CCN(c3cc(F)cc(F)c3)C2=O)C1. The minimum Gasteiger partial charge on any atom is -0.328 e. The largest absolute Gasteiger partial charge is 0.328 e. The van der Waals surface area contributed by atoms with Gasteiger partial charge in [-0.2, -0.15) is 0 Å². The van der Waals surface area contributed by atoms with Crippen molar-refractivity contribution in [1.29, 1.82) is 0 Å². The molecule has 1 saturated carbocycles. The third-order valence-electron chi connectivity index (χ3n) is 4.55. The van der Waals surface area contributed by atoms with Gasteiger partial charge in [0.2, 0.25) is 5.91 Å². The minimum atomic E-state index is -0.658. The second kappa shape index (κ2) is 4.81. The first-order valence-electron chi connectivity index (χ1n) is 7.04. The fourth-order valence-corrected chi connectivity index (χ4v) is 3.59. The molecule has 0 bridgehead atoms. The van der Waals surface area contributed by atoms with Gasteiger partial charge in [0.15, 0.2) is 0 Å². The highest BCUT2D eigenvalue weighted by Gasteiger charge is 2.48. The molecule has 0 aromatic heterocycles. The average Bonchev–Trinajstić information content (AvgIpc) is 2.66. The van der Waals surface area contributed by atoms with E-state index in [0.29, 0.717) is 18.7 Å². The third kappa shape index (κ3) is 2.20. The first-order chi connectivity index (χ1) is 9.50. The Bertz CT molecular complexity index is 528. The number of nitrogens with two attached hydrogens (primary N) is 1. The van der Waals surface area contributed by atoms with Crippen LogP contribution in [-0.2, 0) is 4.79 Å². The summed E-state index contributed by atoms with van der Waals surface area (Å²) in [6.07, 6.45) is 4.12. The van der Waals surface area contributed by atoms with Crippen molar-refractivity contribution in [2.75, 3.05) is 11.4 Å². The fourth-order valence-electron chi connectivity index (χ4n) is 3.59. The van der Waals surface area contributed by atoms with Crippen molar-refractivity contribution >= 4 is 11.6 Å². The number of carbonyl (C=O) groups excluding carboxylic acids is 1. The van der Waals surface area contributed by atoms with Crippen molar-refractivity contribution in [3.63, 3.8) is 0 Å². The predicted molar refractivity (Wildman–Crippen MR) is 72.2 cm³/mol. The summed E-state index contributed by atoms with van der Waals surface area (Å²) >= 11 is 0. The normalized spacial score (nSPS) is 30.2. The summed E-state index contributed by atoms with van der Waals surface area (Å²) in [7, 11) is 0. The van der Waals surface area contributed by atoms with Gasteiger partial charge in [0, 0.05) is 24.3 Å². The van der Waals surface area contributed by atoms with Gasteiger partial charge < -0.3 is 10.6 Å². The van der Waals surface area contributed by atoms with E-state index in [0.717, 1.165) is 31.7 Å². The summed E-state index contributed by atoms with van der Waals surface area (Å²) in [5.41, 5.74) is 5.89. The van der Waals surface area contributed by atoms with Crippen molar-refractivity contribution in [3.8, 4) is 0 Å². The quantitative estimate of drug-likeness (QED) is 0.859. The molecule has 0 radical (unpaired) electrons. The zero-order valence-corrected chi connectivity index (χ0v) is 11.2. The van der Waals surface area contributed by atoms with Gasteiger partial charge >= 0.3 is 0 Å². The van der Waals surface area contributed by atoms with Crippen LogP contribution in [0.3, 0.4) is 0 Å². The summed E-state index contributed by atoms with van der Waals surface area (Å²) in [4.78, 5) is 14.2. The van der Waals surface area contributed by atoms with Crippen LogP contribution in [0.1, 0.15) is 32.1 Å². The molecule has 0 unspecified atom stereocenters. The van der Waals surface area contributed by atoms with Crippen molar-refractivity contribution in [2.45, 2.75) is 38.1 Å². The van der Waals surface area contributed by atoms with E-state index in [1.54, 1.807) is 0 Å². The molecule has 1 aromatic rings. The Morgan fingerprint density at radius 1 is 1.20 bits per heavy atom. The topological polar surface area (TPSA) is 46.3 Å². The van der Waals surface area contributed by atoms with E-state index in [2.05, 4.69) is 0 Å². The summed E-state index contributed by atoms with van der Waals surface area (Å²) < 4.78 is 26.6. The zero-order valence-electron chi connectivity index (χ0n) is 11.2. The molecule has 1 heterocycles. The number of anilines is 1. The number of halogens is 2. The summed E-state index contributed by atoms with van der Waals surface area (Å²) in [6.45, 7) is 0.508. The maximum Gasteiger partial charge on any atom is 0.233 e. The van der Waals surface area contributed by atoms with E-state index in [1.807, 2.05) is 0 Å². The van der Waals surface area contributed by atoms with Crippen LogP contribution in [0.15, 0.2) is 18.2 Å². The lowest BCUT2D eigenvalue weighted by molar-refractivity contribution is -0.127. The standard InChI is InChI=1S/C15H18F2N2O/c16-10-6-11(17)8-13(7-10)19-5-4-15(14(19)20)3-1-2-12(18)9-15/h6-8,12H,1-5,9,18H2/t12-,15-/m1/s1. The molecule has 1 aliphatic carbocycles. The van der Waals surface area contributed by atoms with Crippen LogP contribution >= 0.6 is 0 Å². The first kappa shape index (κ1) is 13.5. The molecule has 108 valence electrons. The number of amides is 1. The molecule has 1 aliphatic heterocycles. The molecule has 1 spiro atoms. The molecule has 2 N–H and O–H groups in total. The number of hydrogen-bond donors (Lipinski definition) is 1. The van der Waals surface area contributed by atoms with Gasteiger partial charge in [0.05, 0.1) is 5.41 Å². The van der Waals surface area contributed by atoms with Crippen LogP contribution in [0, 0.1) is 17.0 Å². The Morgan fingerprint density at radius 2 is 1.90 bits per heavy atom. The van der Waals surface area contributed by atoms with Gasteiger partial charge in [0.25, 0.3) is 0 Å². The predicted octanol–water partition coefficient (Wildman–Crippen LogP) is 2.59. The fraction of sp³-hybridized carbons (Fsp3) is 0.533. The van der Waals surface area contributed by atoms with Crippen molar-refractivity contribution in [2.24, 2.45) is 11.1 Å². The molecule has 3 nitrogen and oxygen atoms in total. The van der Waals surface area contributed by atoms with Crippen LogP contribution in [0.25, 0.3) is 0 Å². The van der Waals surface area contributed by atoms with E-state index in [4.69, 9.17) is 5.73 Å². The molecular weight excluding hydrogens is 262 g/mol.